The van der Waals surface area contributed by atoms with Crippen LogP contribution in [0.4, 0.5) is 32.4 Å². The Kier molecular flexibility index (Phi) is 4.99. The number of anilines is 4. The van der Waals surface area contributed by atoms with E-state index in [4.69, 9.17) is 5.73 Å². The van der Waals surface area contributed by atoms with Gasteiger partial charge in [-0.1, -0.05) is 6.07 Å². The molecule has 1 aromatic carbocycles. The highest BCUT2D eigenvalue weighted by atomic mass is 19.1. The number of nitrogens with zero attached hydrogens (tertiary/aromatic N) is 5. The van der Waals surface area contributed by atoms with Gasteiger partial charge in [0.2, 0.25) is 17.8 Å². The second-order valence-electron chi connectivity index (χ2n) is 7.04. The molecular weight excluding hydrogens is 378 g/mol. The lowest BCUT2D eigenvalue weighted by Gasteiger charge is -2.15. The van der Waals surface area contributed by atoms with E-state index < -0.39 is 17.7 Å². The Morgan fingerprint density at radius 1 is 1.17 bits per heavy atom. The van der Waals surface area contributed by atoms with Crippen LogP contribution in [-0.2, 0) is 6.54 Å². The van der Waals surface area contributed by atoms with E-state index in [1.807, 2.05) is 17.7 Å². The summed E-state index contributed by atoms with van der Waals surface area (Å²) in [5, 5.41) is 10.6. The van der Waals surface area contributed by atoms with E-state index in [0.29, 0.717) is 11.7 Å². The molecule has 0 spiro atoms. The molecule has 2 heterocycles. The number of aromatic nitrogens is 5. The molecule has 1 atom stereocenters. The van der Waals surface area contributed by atoms with Gasteiger partial charge in [0.05, 0.1) is 6.04 Å². The first-order valence-corrected chi connectivity index (χ1v) is 9.50. The second kappa shape index (κ2) is 7.61. The van der Waals surface area contributed by atoms with Crippen LogP contribution in [0.5, 0.6) is 0 Å². The summed E-state index contributed by atoms with van der Waals surface area (Å²) < 4.78 is 29.1. The van der Waals surface area contributed by atoms with Gasteiger partial charge >= 0.3 is 0 Å². The first-order valence-electron chi connectivity index (χ1n) is 9.50. The number of nitrogens with two attached hydrogens (primary N) is 1. The van der Waals surface area contributed by atoms with E-state index in [1.54, 1.807) is 6.92 Å². The molecule has 4 N–H and O–H groups in total. The number of hydrogen-bond acceptors (Lipinski definition) is 7. The van der Waals surface area contributed by atoms with Gasteiger partial charge in [-0.15, -0.1) is 0 Å². The minimum Gasteiger partial charge on any atom is -0.368 e. The quantitative estimate of drug-likeness (QED) is 0.555. The Hall–Kier alpha value is -3.30. The highest BCUT2D eigenvalue weighted by Gasteiger charge is 2.28. The molecule has 0 amide bonds. The SMILES string of the molecule is CCn1nc(Nc2nc(N)nc(NC(C)c3ccc(F)cc3F)n2)cc1C1CC1. The summed E-state index contributed by atoms with van der Waals surface area (Å²) in [7, 11) is 0. The summed E-state index contributed by atoms with van der Waals surface area (Å²) >= 11 is 0. The first-order chi connectivity index (χ1) is 13.9. The van der Waals surface area contributed by atoms with Crippen molar-refractivity contribution in [1.29, 1.82) is 0 Å². The van der Waals surface area contributed by atoms with Crippen LogP contribution in [0.3, 0.4) is 0 Å². The highest BCUT2D eigenvalue weighted by molar-refractivity contribution is 5.52. The normalized spacial score (nSPS) is 14.6. The number of halogens is 2. The van der Waals surface area contributed by atoms with Gasteiger partial charge in [-0.05, 0) is 32.8 Å². The van der Waals surface area contributed by atoms with Crippen molar-refractivity contribution in [3.05, 3.63) is 47.2 Å². The van der Waals surface area contributed by atoms with Crippen LogP contribution >= 0.6 is 0 Å². The molecule has 1 aliphatic rings. The van der Waals surface area contributed by atoms with E-state index in [9.17, 15) is 8.78 Å². The zero-order chi connectivity index (χ0) is 20.5. The number of aryl methyl sites for hydroxylation is 1. The molecule has 0 bridgehead atoms. The largest absolute Gasteiger partial charge is 0.368 e. The number of nitrogens with one attached hydrogen (secondary N) is 2. The average molecular weight is 400 g/mol. The maximum absolute atomic E-state index is 14.0. The lowest BCUT2D eigenvalue weighted by molar-refractivity contribution is 0.566. The minimum absolute atomic E-state index is 0.00844. The molecule has 1 aliphatic carbocycles. The molecule has 1 unspecified atom stereocenters. The number of rotatable bonds is 7. The zero-order valence-electron chi connectivity index (χ0n) is 16.2. The van der Waals surface area contributed by atoms with Crippen molar-refractivity contribution in [2.24, 2.45) is 0 Å². The maximum atomic E-state index is 14.0. The standard InChI is InChI=1S/C19H22F2N8/c1-3-29-15(11-4-5-11)9-16(28-29)24-19-26-17(22)25-18(27-19)23-10(2)13-7-6-12(20)8-14(13)21/h6-11H,3-5H2,1-2H3,(H4,22,23,24,25,26,27,28). The third-order valence-electron chi connectivity index (χ3n) is 4.77. The summed E-state index contributed by atoms with van der Waals surface area (Å²) in [6.07, 6.45) is 2.35. The zero-order valence-corrected chi connectivity index (χ0v) is 16.2. The average Bonchev–Trinajstić information content (AvgIpc) is 3.42. The molecule has 0 radical (unpaired) electrons. The van der Waals surface area contributed by atoms with Gasteiger partial charge in [-0.3, -0.25) is 4.68 Å². The Morgan fingerprint density at radius 2 is 1.93 bits per heavy atom. The van der Waals surface area contributed by atoms with E-state index >= 15 is 0 Å². The van der Waals surface area contributed by atoms with Crippen molar-refractivity contribution >= 4 is 23.7 Å². The molecule has 4 rings (SSSR count). The topological polar surface area (TPSA) is 107 Å². The molecule has 10 heteroatoms. The molecule has 3 aromatic rings. The highest BCUT2D eigenvalue weighted by Crippen LogP contribution is 2.41. The van der Waals surface area contributed by atoms with E-state index in [-0.39, 0.29) is 23.4 Å². The molecule has 0 aliphatic heterocycles. The van der Waals surface area contributed by atoms with Crippen LogP contribution in [0.1, 0.15) is 49.9 Å². The third kappa shape index (κ3) is 4.25. The minimum atomic E-state index is -0.650. The van der Waals surface area contributed by atoms with Crippen molar-refractivity contribution in [2.45, 2.75) is 45.2 Å². The molecule has 2 aromatic heterocycles. The molecule has 29 heavy (non-hydrogen) atoms. The van der Waals surface area contributed by atoms with Crippen molar-refractivity contribution < 1.29 is 8.78 Å². The number of benzene rings is 1. The lowest BCUT2D eigenvalue weighted by atomic mass is 10.1. The monoisotopic (exact) mass is 400 g/mol. The second-order valence-corrected chi connectivity index (χ2v) is 7.04. The molecule has 8 nitrogen and oxygen atoms in total. The van der Waals surface area contributed by atoms with Gasteiger partial charge in [0.1, 0.15) is 11.6 Å². The number of hydrogen-bond donors (Lipinski definition) is 3. The molecular formula is C19H22F2N8. The van der Waals surface area contributed by atoms with Gasteiger partial charge in [0, 0.05) is 35.9 Å². The van der Waals surface area contributed by atoms with Gasteiger partial charge in [0.25, 0.3) is 0 Å². The van der Waals surface area contributed by atoms with Gasteiger partial charge in [0.15, 0.2) is 5.82 Å². The van der Waals surface area contributed by atoms with Crippen molar-refractivity contribution in [3.8, 4) is 0 Å². The van der Waals surface area contributed by atoms with Crippen LogP contribution in [-0.4, -0.2) is 24.7 Å². The van der Waals surface area contributed by atoms with Crippen LogP contribution in [0.25, 0.3) is 0 Å². The summed E-state index contributed by atoms with van der Waals surface area (Å²) in [5.41, 5.74) is 7.28. The van der Waals surface area contributed by atoms with Gasteiger partial charge < -0.3 is 16.4 Å². The van der Waals surface area contributed by atoms with E-state index in [0.717, 1.165) is 12.6 Å². The Balaban J connectivity index is 1.53. The lowest BCUT2D eigenvalue weighted by Crippen LogP contribution is -2.14. The van der Waals surface area contributed by atoms with Gasteiger partial charge in [-0.2, -0.15) is 20.1 Å². The first kappa shape index (κ1) is 19.0. The predicted molar refractivity (Wildman–Crippen MR) is 106 cm³/mol. The van der Waals surface area contributed by atoms with Crippen molar-refractivity contribution in [3.63, 3.8) is 0 Å². The Labute approximate surface area is 166 Å². The van der Waals surface area contributed by atoms with E-state index in [1.165, 1.54) is 30.7 Å². The van der Waals surface area contributed by atoms with Crippen LogP contribution in [0, 0.1) is 11.6 Å². The molecule has 152 valence electrons. The molecule has 1 fully saturated rings. The predicted octanol–water partition coefficient (Wildman–Crippen LogP) is 3.74. The van der Waals surface area contributed by atoms with E-state index in [2.05, 4.69) is 30.7 Å². The van der Waals surface area contributed by atoms with Crippen LogP contribution in [0.2, 0.25) is 0 Å². The molecule has 1 saturated carbocycles. The van der Waals surface area contributed by atoms with Crippen molar-refractivity contribution in [2.75, 3.05) is 16.4 Å². The summed E-state index contributed by atoms with van der Waals surface area (Å²) in [6.45, 7) is 4.54. The van der Waals surface area contributed by atoms with Crippen molar-refractivity contribution in [1.82, 2.24) is 24.7 Å². The summed E-state index contributed by atoms with van der Waals surface area (Å²) in [4.78, 5) is 12.4. The Morgan fingerprint density at radius 3 is 2.62 bits per heavy atom. The fourth-order valence-electron chi connectivity index (χ4n) is 3.20. The third-order valence-corrected chi connectivity index (χ3v) is 4.77. The number of nitrogen functional groups attached to an aromatic ring is 1. The van der Waals surface area contributed by atoms with Crippen LogP contribution < -0.4 is 16.4 Å². The maximum Gasteiger partial charge on any atom is 0.235 e. The molecule has 0 saturated heterocycles. The Bertz CT molecular complexity index is 1030. The summed E-state index contributed by atoms with van der Waals surface area (Å²) in [6, 6.07) is 4.90. The van der Waals surface area contributed by atoms with Crippen LogP contribution in [0.15, 0.2) is 24.3 Å². The summed E-state index contributed by atoms with van der Waals surface area (Å²) in [5.74, 6) is 0.320. The smallest absolute Gasteiger partial charge is 0.235 e. The fraction of sp³-hybridized carbons (Fsp3) is 0.368. The van der Waals surface area contributed by atoms with Gasteiger partial charge in [-0.25, -0.2) is 8.78 Å². The fourth-order valence-corrected chi connectivity index (χ4v) is 3.20.